The molecule has 3 aromatic heterocycles. The Kier molecular flexibility index (Phi) is 3.31. The Morgan fingerprint density at radius 2 is 1.88 bits per heavy atom. The van der Waals surface area contributed by atoms with Crippen molar-refractivity contribution in [3.05, 3.63) is 57.7 Å². The standard InChI is InChI=1S/C16H9ClF2N4O/c17-13-9(2-4-11(20-13)14(18)19)7-1-3-10-8(5-7)6-12-15(21-10)23-16(24)22-12/h1-6,14H,(H2,21,22,23,24). The molecule has 0 aliphatic heterocycles. The summed E-state index contributed by atoms with van der Waals surface area (Å²) in [4.78, 5) is 24.7. The molecule has 4 aromatic rings. The Balaban J connectivity index is 1.87. The molecule has 0 aliphatic carbocycles. The molecule has 24 heavy (non-hydrogen) atoms. The summed E-state index contributed by atoms with van der Waals surface area (Å²) in [5.41, 5.74) is 2.32. The number of H-pyrrole nitrogens is 2. The predicted molar refractivity (Wildman–Crippen MR) is 87.4 cm³/mol. The van der Waals surface area contributed by atoms with Crippen molar-refractivity contribution in [3.8, 4) is 11.1 Å². The largest absolute Gasteiger partial charge is 0.325 e. The number of pyridine rings is 2. The van der Waals surface area contributed by atoms with Crippen LogP contribution in [0.25, 0.3) is 33.2 Å². The van der Waals surface area contributed by atoms with E-state index >= 15 is 0 Å². The third kappa shape index (κ3) is 2.43. The van der Waals surface area contributed by atoms with Crippen molar-refractivity contribution in [2.75, 3.05) is 0 Å². The van der Waals surface area contributed by atoms with Crippen LogP contribution in [-0.4, -0.2) is 19.9 Å². The zero-order valence-electron chi connectivity index (χ0n) is 12.0. The summed E-state index contributed by atoms with van der Waals surface area (Å²) in [6, 6.07) is 9.92. The summed E-state index contributed by atoms with van der Waals surface area (Å²) in [6.45, 7) is 0. The van der Waals surface area contributed by atoms with Gasteiger partial charge in [-0.2, -0.15) is 0 Å². The number of aromatic nitrogens is 4. The molecule has 0 spiro atoms. The average Bonchev–Trinajstić information content (AvgIpc) is 2.90. The molecular formula is C16H9ClF2N4O. The molecule has 120 valence electrons. The zero-order chi connectivity index (χ0) is 16.8. The van der Waals surface area contributed by atoms with Gasteiger partial charge in [-0.05, 0) is 35.9 Å². The summed E-state index contributed by atoms with van der Waals surface area (Å²) in [5, 5.41) is 0.792. The van der Waals surface area contributed by atoms with Gasteiger partial charge in [-0.1, -0.05) is 17.7 Å². The van der Waals surface area contributed by atoms with Crippen molar-refractivity contribution in [2.24, 2.45) is 0 Å². The lowest BCUT2D eigenvalue weighted by molar-refractivity contribution is 0.146. The Morgan fingerprint density at radius 1 is 1.04 bits per heavy atom. The molecule has 0 bridgehead atoms. The predicted octanol–water partition coefficient (Wildman–Crippen LogP) is 4.06. The van der Waals surface area contributed by atoms with Crippen molar-refractivity contribution < 1.29 is 8.78 Å². The molecule has 0 fully saturated rings. The van der Waals surface area contributed by atoms with Crippen LogP contribution >= 0.6 is 11.6 Å². The minimum atomic E-state index is -2.67. The van der Waals surface area contributed by atoms with Crippen LogP contribution < -0.4 is 5.69 Å². The first-order valence-corrected chi connectivity index (χ1v) is 7.37. The van der Waals surface area contributed by atoms with Crippen LogP contribution in [0.1, 0.15) is 12.1 Å². The SMILES string of the molecule is O=c1[nH]c2cc3cc(-c4ccc(C(F)F)nc4Cl)ccc3nc2[nH]1. The fraction of sp³-hybridized carbons (Fsp3) is 0.0625. The van der Waals surface area contributed by atoms with Crippen LogP contribution in [0.2, 0.25) is 5.15 Å². The number of nitrogens with zero attached hydrogens (tertiary/aromatic N) is 2. The second-order valence-electron chi connectivity index (χ2n) is 5.25. The van der Waals surface area contributed by atoms with E-state index in [2.05, 4.69) is 19.9 Å². The van der Waals surface area contributed by atoms with Crippen molar-refractivity contribution >= 4 is 33.7 Å². The van der Waals surface area contributed by atoms with Gasteiger partial charge in [0.15, 0.2) is 5.65 Å². The number of benzene rings is 1. The lowest BCUT2D eigenvalue weighted by atomic mass is 10.0. The third-order valence-corrected chi connectivity index (χ3v) is 3.99. The molecule has 0 amide bonds. The zero-order valence-corrected chi connectivity index (χ0v) is 12.7. The van der Waals surface area contributed by atoms with Gasteiger partial charge in [0.2, 0.25) is 0 Å². The Hall–Kier alpha value is -2.80. The highest BCUT2D eigenvalue weighted by atomic mass is 35.5. The smallest absolute Gasteiger partial charge is 0.304 e. The van der Waals surface area contributed by atoms with Crippen LogP contribution in [0.4, 0.5) is 8.78 Å². The average molecular weight is 347 g/mol. The fourth-order valence-electron chi connectivity index (χ4n) is 2.58. The van der Waals surface area contributed by atoms with Crippen molar-refractivity contribution in [2.45, 2.75) is 6.43 Å². The molecule has 4 rings (SSSR count). The van der Waals surface area contributed by atoms with E-state index in [0.717, 1.165) is 10.9 Å². The second-order valence-corrected chi connectivity index (χ2v) is 5.60. The van der Waals surface area contributed by atoms with Crippen LogP contribution in [0, 0.1) is 0 Å². The second kappa shape index (κ2) is 5.38. The van der Waals surface area contributed by atoms with Crippen LogP contribution in [0.3, 0.4) is 0 Å². The van der Waals surface area contributed by atoms with Gasteiger partial charge < -0.3 is 4.98 Å². The van der Waals surface area contributed by atoms with E-state index < -0.39 is 6.43 Å². The van der Waals surface area contributed by atoms with Gasteiger partial charge in [-0.3, -0.25) is 4.98 Å². The maximum Gasteiger partial charge on any atom is 0.325 e. The summed E-state index contributed by atoms with van der Waals surface area (Å²) in [6.07, 6.45) is -2.67. The maximum absolute atomic E-state index is 12.7. The maximum atomic E-state index is 12.7. The van der Waals surface area contributed by atoms with Gasteiger partial charge in [-0.25, -0.2) is 23.5 Å². The summed E-state index contributed by atoms with van der Waals surface area (Å²) in [7, 11) is 0. The Bertz CT molecular complexity index is 1140. The number of hydrogen-bond donors (Lipinski definition) is 2. The van der Waals surface area contributed by atoms with Crippen molar-refractivity contribution in [1.29, 1.82) is 0 Å². The van der Waals surface area contributed by atoms with Crippen LogP contribution in [-0.2, 0) is 0 Å². The first-order valence-electron chi connectivity index (χ1n) is 6.99. The molecule has 3 heterocycles. The number of aromatic amines is 2. The minimum Gasteiger partial charge on any atom is -0.304 e. The molecular weight excluding hydrogens is 338 g/mol. The van der Waals surface area contributed by atoms with E-state index in [1.165, 1.54) is 12.1 Å². The number of halogens is 3. The third-order valence-electron chi connectivity index (χ3n) is 3.70. The Labute approximate surface area is 138 Å². The van der Waals surface area contributed by atoms with E-state index in [1.54, 1.807) is 18.2 Å². The number of nitrogens with one attached hydrogen (secondary N) is 2. The monoisotopic (exact) mass is 346 g/mol. The van der Waals surface area contributed by atoms with E-state index in [-0.39, 0.29) is 16.5 Å². The van der Waals surface area contributed by atoms with Gasteiger partial charge in [0.05, 0.1) is 11.0 Å². The topological polar surface area (TPSA) is 74.4 Å². The van der Waals surface area contributed by atoms with Gasteiger partial charge in [-0.15, -0.1) is 0 Å². The summed E-state index contributed by atoms with van der Waals surface area (Å²) in [5.74, 6) is 0. The number of alkyl halides is 2. The molecule has 8 heteroatoms. The van der Waals surface area contributed by atoms with Crippen molar-refractivity contribution in [3.63, 3.8) is 0 Å². The van der Waals surface area contributed by atoms with Gasteiger partial charge >= 0.3 is 5.69 Å². The molecule has 1 aromatic carbocycles. The van der Waals surface area contributed by atoms with Gasteiger partial charge in [0.1, 0.15) is 10.8 Å². The lowest BCUT2D eigenvalue weighted by Crippen LogP contribution is -1.99. The number of rotatable bonds is 2. The van der Waals surface area contributed by atoms with Gasteiger partial charge in [0, 0.05) is 10.9 Å². The van der Waals surface area contributed by atoms with E-state index in [0.29, 0.717) is 22.2 Å². The molecule has 0 radical (unpaired) electrons. The van der Waals surface area contributed by atoms with E-state index in [4.69, 9.17) is 11.6 Å². The minimum absolute atomic E-state index is 0.0104. The normalized spacial score (nSPS) is 11.7. The Morgan fingerprint density at radius 3 is 2.62 bits per heavy atom. The molecule has 0 saturated heterocycles. The van der Waals surface area contributed by atoms with Gasteiger partial charge in [0.25, 0.3) is 6.43 Å². The van der Waals surface area contributed by atoms with E-state index in [9.17, 15) is 13.6 Å². The van der Waals surface area contributed by atoms with E-state index in [1.807, 2.05) is 6.07 Å². The highest BCUT2D eigenvalue weighted by molar-refractivity contribution is 6.32. The highest BCUT2D eigenvalue weighted by Gasteiger charge is 2.13. The highest BCUT2D eigenvalue weighted by Crippen LogP contribution is 2.31. The van der Waals surface area contributed by atoms with Crippen LogP contribution in [0.15, 0.2) is 41.2 Å². The number of hydrogen-bond acceptors (Lipinski definition) is 3. The molecule has 0 saturated carbocycles. The quantitative estimate of drug-likeness (QED) is 0.537. The number of imidazole rings is 1. The fourth-order valence-corrected chi connectivity index (χ4v) is 2.85. The summed E-state index contributed by atoms with van der Waals surface area (Å²) < 4.78 is 25.4. The first-order chi connectivity index (χ1) is 11.5. The lowest BCUT2D eigenvalue weighted by Gasteiger charge is -2.07. The molecule has 0 aliphatic rings. The molecule has 5 nitrogen and oxygen atoms in total. The summed E-state index contributed by atoms with van der Waals surface area (Å²) >= 11 is 6.04. The number of fused-ring (bicyclic) bond motifs is 2. The molecule has 0 atom stereocenters. The first kappa shape index (κ1) is 14.8. The molecule has 0 unspecified atom stereocenters. The van der Waals surface area contributed by atoms with Crippen molar-refractivity contribution in [1.82, 2.24) is 19.9 Å². The molecule has 2 N–H and O–H groups in total. The van der Waals surface area contributed by atoms with Crippen LogP contribution in [0.5, 0.6) is 0 Å².